The number of fused-ring (bicyclic) bond motifs is 2. The summed E-state index contributed by atoms with van der Waals surface area (Å²) in [6, 6.07) is 17.8. The van der Waals surface area contributed by atoms with Gasteiger partial charge in [0.1, 0.15) is 0 Å². The van der Waals surface area contributed by atoms with Crippen molar-refractivity contribution in [3.8, 4) is 0 Å². The number of aliphatic carboxylic acids is 1. The Labute approximate surface area is 138 Å². The summed E-state index contributed by atoms with van der Waals surface area (Å²) >= 11 is 0. The molecule has 0 aliphatic heterocycles. The summed E-state index contributed by atoms with van der Waals surface area (Å²) in [7, 11) is 0. The SMILES string of the molecule is O=C(O)Cc1nn(Cc2nccc3ccccc23)c2ccccc12. The Bertz CT molecular complexity index is 1050. The first-order chi connectivity index (χ1) is 11.7. The fourth-order valence-electron chi connectivity index (χ4n) is 3.04. The van der Waals surface area contributed by atoms with Gasteiger partial charge in [0, 0.05) is 17.0 Å². The average molecular weight is 317 g/mol. The van der Waals surface area contributed by atoms with E-state index in [1.165, 1.54) is 0 Å². The van der Waals surface area contributed by atoms with Crippen LogP contribution in [0.25, 0.3) is 21.7 Å². The lowest BCUT2D eigenvalue weighted by Gasteiger charge is -2.07. The predicted octanol–water partition coefficient (Wildman–Crippen LogP) is 3.26. The molecule has 0 spiro atoms. The van der Waals surface area contributed by atoms with Crippen LogP contribution in [0.15, 0.2) is 60.8 Å². The molecule has 4 aromatic rings. The van der Waals surface area contributed by atoms with Crippen LogP contribution in [0.3, 0.4) is 0 Å². The number of carboxylic acids is 1. The number of pyridine rings is 1. The van der Waals surface area contributed by atoms with Crippen molar-refractivity contribution >= 4 is 27.6 Å². The molecule has 0 aliphatic rings. The van der Waals surface area contributed by atoms with E-state index >= 15 is 0 Å². The van der Waals surface area contributed by atoms with Crippen LogP contribution in [-0.4, -0.2) is 25.8 Å². The van der Waals surface area contributed by atoms with E-state index in [0.29, 0.717) is 12.2 Å². The lowest BCUT2D eigenvalue weighted by atomic mass is 10.1. The molecule has 0 fully saturated rings. The predicted molar refractivity (Wildman–Crippen MR) is 91.9 cm³/mol. The molecule has 0 saturated carbocycles. The molecule has 0 saturated heterocycles. The summed E-state index contributed by atoms with van der Waals surface area (Å²) < 4.78 is 1.84. The maximum Gasteiger partial charge on any atom is 0.309 e. The molecule has 2 heterocycles. The van der Waals surface area contributed by atoms with Crippen LogP contribution in [0.2, 0.25) is 0 Å². The van der Waals surface area contributed by atoms with Gasteiger partial charge in [-0.1, -0.05) is 42.5 Å². The summed E-state index contributed by atoms with van der Waals surface area (Å²) in [5.41, 5.74) is 2.42. The molecule has 2 aromatic carbocycles. The second kappa shape index (κ2) is 5.77. The minimum Gasteiger partial charge on any atom is -0.481 e. The molecule has 1 N–H and O–H groups in total. The highest BCUT2D eigenvalue weighted by Crippen LogP contribution is 2.22. The smallest absolute Gasteiger partial charge is 0.309 e. The van der Waals surface area contributed by atoms with Gasteiger partial charge in [0.2, 0.25) is 0 Å². The third-order valence-electron chi connectivity index (χ3n) is 4.11. The number of nitrogens with zero attached hydrogens (tertiary/aromatic N) is 3. The van der Waals surface area contributed by atoms with Gasteiger partial charge < -0.3 is 5.11 Å². The second-order valence-electron chi connectivity index (χ2n) is 5.67. The number of hydrogen-bond acceptors (Lipinski definition) is 3. The normalized spacial score (nSPS) is 11.2. The van der Waals surface area contributed by atoms with Gasteiger partial charge in [-0.15, -0.1) is 0 Å². The number of carbonyl (C=O) groups is 1. The van der Waals surface area contributed by atoms with E-state index in [-0.39, 0.29) is 6.42 Å². The van der Waals surface area contributed by atoms with Crippen LogP contribution in [-0.2, 0) is 17.8 Å². The minimum absolute atomic E-state index is 0.0868. The fraction of sp³-hybridized carbons (Fsp3) is 0.105. The molecular formula is C19H15N3O2. The van der Waals surface area contributed by atoms with E-state index in [2.05, 4.69) is 16.1 Å². The molecule has 5 heteroatoms. The molecule has 4 rings (SSSR count). The summed E-state index contributed by atoms with van der Waals surface area (Å²) in [6.07, 6.45) is 1.71. The Morgan fingerprint density at radius 2 is 1.71 bits per heavy atom. The molecule has 118 valence electrons. The van der Waals surface area contributed by atoms with E-state index in [9.17, 15) is 4.79 Å². The highest BCUT2D eigenvalue weighted by Gasteiger charge is 2.14. The highest BCUT2D eigenvalue weighted by atomic mass is 16.4. The highest BCUT2D eigenvalue weighted by molar-refractivity contribution is 5.87. The molecule has 0 radical (unpaired) electrons. The van der Waals surface area contributed by atoms with Gasteiger partial charge in [-0.05, 0) is 17.5 Å². The van der Waals surface area contributed by atoms with Crippen LogP contribution < -0.4 is 0 Å². The number of carboxylic acid groups (broad SMARTS) is 1. The first kappa shape index (κ1) is 14.4. The monoisotopic (exact) mass is 317 g/mol. The third kappa shape index (κ3) is 2.50. The Morgan fingerprint density at radius 1 is 0.958 bits per heavy atom. The number of benzene rings is 2. The molecule has 0 amide bonds. The van der Waals surface area contributed by atoms with Crippen molar-refractivity contribution in [2.45, 2.75) is 13.0 Å². The maximum atomic E-state index is 11.1. The van der Waals surface area contributed by atoms with Crippen LogP contribution >= 0.6 is 0 Å². The van der Waals surface area contributed by atoms with Crippen molar-refractivity contribution in [2.24, 2.45) is 0 Å². The van der Waals surface area contributed by atoms with Gasteiger partial charge in [0.05, 0.1) is 29.9 Å². The van der Waals surface area contributed by atoms with Crippen LogP contribution in [0.1, 0.15) is 11.4 Å². The van der Waals surface area contributed by atoms with Crippen molar-refractivity contribution in [2.75, 3.05) is 0 Å². The zero-order valence-corrected chi connectivity index (χ0v) is 12.9. The number of hydrogen-bond donors (Lipinski definition) is 1. The fourth-order valence-corrected chi connectivity index (χ4v) is 3.04. The Kier molecular flexibility index (Phi) is 3.46. The number of rotatable bonds is 4. The van der Waals surface area contributed by atoms with Crippen molar-refractivity contribution in [3.05, 3.63) is 72.2 Å². The van der Waals surface area contributed by atoms with Gasteiger partial charge in [-0.2, -0.15) is 5.10 Å². The first-order valence-electron chi connectivity index (χ1n) is 7.71. The van der Waals surface area contributed by atoms with Crippen LogP contribution in [0, 0.1) is 0 Å². The van der Waals surface area contributed by atoms with E-state index in [4.69, 9.17) is 5.11 Å². The zero-order chi connectivity index (χ0) is 16.5. The molecule has 24 heavy (non-hydrogen) atoms. The van der Waals surface area contributed by atoms with Crippen LogP contribution in [0.5, 0.6) is 0 Å². The Morgan fingerprint density at radius 3 is 2.54 bits per heavy atom. The van der Waals surface area contributed by atoms with E-state index < -0.39 is 5.97 Å². The van der Waals surface area contributed by atoms with Gasteiger partial charge in [-0.3, -0.25) is 14.5 Å². The maximum absolute atomic E-state index is 11.1. The van der Waals surface area contributed by atoms with Gasteiger partial charge in [-0.25, -0.2) is 0 Å². The number of para-hydroxylation sites is 1. The van der Waals surface area contributed by atoms with E-state index in [0.717, 1.165) is 27.4 Å². The average Bonchev–Trinajstić information content (AvgIpc) is 2.93. The third-order valence-corrected chi connectivity index (χ3v) is 4.11. The van der Waals surface area contributed by atoms with Gasteiger partial charge >= 0.3 is 5.97 Å². The largest absolute Gasteiger partial charge is 0.481 e. The Hall–Kier alpha value is -3.21. The minimum atomic E-state index is -0.881. The summed E-state index contributed by atoms with van der Waals surface area (Å²) in [5.74, 6) is -0.881. The molecule has 0 aliphatic carbocycles. The second-order valence-corrected chi connectivity index (χ2v) is 5.67. The van der Waals surface area contributed by atoms with E-state index in [1.807, 2.05) is 53.2 Å². The van der Waals surface area contributed by atoms with Crippen molar-refractivity contribution in [1.82, 2.24) is 14.8 Å². The molecular weight excluding hydrogens is 302 g/mol. The Balaban J connectivity index is 1.83. The van der Waals surface area contributed by atoms with Gasteiger partial charge in [0.25, 0.3) is 0 Å². The molecule has 0 unspecified atom stereocenters. The quantitative estimate of drug-likeness (QED) is 0.627. The summed E-state index contributed by atoms with van der Waals surface area (Å²) in [4.78, 5) is 15.6. The van der Waals surface area contributed by atoms with Crippen LogP contribution in [0.4, 0.5) is 0 Å². The first-order valence-corrected chi connectivity index (χ1v) is 7.71. The molecule has 5 nitrogen and oxygen atoms in total. The van der Waals surface area contributed by atoms with Crippen molar-refractivity contribution in [3.63, 3.8) is 0 Å². The van der Waals surface area contributed by atoms with E-state index in [1.54, 1.807) is 6.20 Å². The summed E-state index contributed by atoms with van der Waals surface area (Å²) in [6.45, 7) is 0.501. The van der Waals surface area contributed by atoms with Crippen molar-refractivity contribution in [1.29, 1.82) is 0 Å². The van der Waals surface area contributed by atoms with Crippen molar-refractivity contribution < 1.29 is 9.90 Å². The van der Waals surface area contributed by atoms with Gasteiger partial charge in [0.15, 0.2) is 0 Å². The molecule has 0 atom stereocenters. The lowest BCUT2D eigenvalue weighted by Crippen LogP contribution is -2.06. The molecule has 0 bridgehead atoms. The number of aromatic nitrogens is 3. The molecule has 2 aromatic heterocycles. The summed E-state index contributed by atoms with van der Waals surface area (Å²) in [5, 5.41) is 16.7. The standard InChI is InChI=1S/C19H15N3O2/c23-19(24)11-16-15-7-3-4-8-18(15)22(21-16)12-17-14-6-2-1-5-13(14)9-10-20-17/h1-10H,11-12H2,(H,23,24). The topological polar surface area (TPSA) is 68.0 Å². The zero-order valence-electron chi connectivity index (χ0n) is 12.9. The lowest BCUT2D eigenvalue weighted by molar-refractivity contribution is -0.136.